The number of hydrogen-bond acceptors (Lipinski definition) is 6. The lowest BCUT2D eigenvalue weighted by Crippen LogP contribution is -2.20. The molecule has 0 saturated heterocycles. The molecule has 1 heterocycles. The van der Waals surface area contributed by atoms with Gasteiger partial charge in [-0.2, -0.15) is 0 Å². The molecule has 0 aliphatic heterocycles. The standard InChI is InChI=1S/C14H12FN3O4S/c1-2-22-12(20)11(19)10-7-23-14(17-10)18-13(21)16-9-5-3-8(15)4-6-9/h3-7H,2H2,1H3,(H2,16,17,18,21). The number of ether oxygens (including phenoxy) is 1. The van der Waals surface area contributed by atoms with Crippen molar-refractivity contribution < 1.29 is 23.5 Å². The molecule has 0 saturated carbocycles. The molecule has 2 N–H and O–H groups in total. The van der Waals surface area contributed by atoms with E-state index in [0.29, 0.717) is 5.69 Å². The van der Waals surface area contributed by atoms with Crippen LogP contribution >= 0.6 is 11.3 Å². The zero-order valence-corrected chi connectivity index (χ0v) is 12.8. The van der Waals surface area contributed by atoms with Crippen LogP contribution < -0.4 is 10.6 Å². The van der Waals surface area contributed by atoms with Crippen molar-refractivity contribution in [3.63, 3.8) is 0 Å². The fourth-order valence-corrected chi connectivity index (χ4v) is 2.22. The summed E-state index contributed by atoms with van der Waals surface area (Å²) in [4.78, 5) is 38.6. The lowest BCUT2D eigenvalue weighted by molar-refractivity contribution is -0.137. The number of amides is 2. The third-order valence-corrected chi connectivity index (χ3v) is 3.28. The average Bonchev–Trinajstić information content (AvgIpc) is 2.97. The molecule has 0 bridgehead atoms. The summed E-state index contributed by atoms with van der Waals surface area (Å²) in [5.74, 6) is -2.30. The number of aromatic nitrogens is 1. The molecule has 9 heteroatoms. The number of halogens is 1. The van der Waals surface area contributed by atoms with Crippen LogP contribution in [-0.4, -0.2) is 29.4 Å². The molecule has 0 spiro atoms. The summed E-state index contributed by atoms with van der Waals surface area (Å²) >= 11 is 0.983. The number of hydrogen-bond donors (Lipinski definition) is 2. The third-order valence-electron chi connectivity index (χ3n) is 2.52. The van der Waals surface area contributed by atoms with Gasteiger partial charge in [-0.05, 0) is 31.2 Å². The van der Waals surface area contributed by atoms with Gasteiger partial charge in [-0.15, -0.1) is 11.3 Å². The van der Waals surface area contributed by atoms with Crippen molar-refractivity contribution in [1.29, 1.82) is 0 Å². The number of benzene rings is 1. The van der Waals surface area contributed by atoms with E-state index in [4.69, 9.17) is 0 Å². The second-order valence-corrected chi connectivity index (χ2v) is 5.03. The summed E-state index contributed by atoms with van der Waals surface area (Å²) in [6.07, 6.45) is 0. The molecule has 0 fully saturated rings. The number of carbonyl (C=O) groups is 3. The van der Waals surface area contributed by atoms with Crippen molar-refractivity contribution in [1.82, 2.24) is 4.98 Å². The van der Waals surface area contributed by atoms with Crippen LogP contribution in [0.4, 0.5) is 20.0 Å². The van der Waals surface area contributed by atoms with Crippen LogP contribution in [-0.2, 0) is 9.53 Å². The Morgan fingerprint density at radius 1 is 1.22 bits per heavy atom. The predicted octanol–water partition coefficient (Wildman–Crippen LogP) is 2.67. The van der Waals surface area contributed by atoms with Crippen LogP contribution in [0.15, 0.2) is 29.6 Å². The molecule has 0 atom stereocenters. The van der Waals surface area contributed by atoms with Crippen molar-refractivity contribution in [2.45, 2.75) is 6.92 Å². The van der Waals surface area contributed by atoms with Crippen molar-refractivity contribution in [3.05, 3.63) is 41.2 Å². The van der Waals surface area contributed by atoms with Crippen molar-refractivity contribution in [2.75, 3.05) is 17.2 Å². The van der Waals surface area contributed by atoms with Gasteiger partial charge >= 0.3 is 12.0 Å². The number of nitrogens with zero attached hydrogens (tertiary/aromatic N) is 1. The van der Waals surface area contributed by atoms with Crippen molar-refractivity contribution in [2.24, 2.45) is 0 Å². The lowest BCUT2D eigenvalue weighted by atomic mass is 10.3. The second kappa shape index (κ2) is 7.45. The van der Waals surface area contributed by atoms with Gasteiger partial charge in [-0.3, -0.25) is 10.1 Å². The van der Waals surface area contributed by atoms with Gasteiger partial charge in [0.15, 0.2) is 5.13 Å². The molecule has 23 heavy (non-hydrogen) atoms. The van der Waals surface area contributed by atoms with E-state index in [2.05, 4.69) is 20.4 Å². The van der Waals surface area contributed by atoms with Gasteiger partial charge in [0.2, 0.25) is 0 Å². The van der Waals surface area contributed by atoms with E-state index in [1.807, 2.05) is 0 Å². The Morgan fingerprint density at radius 3 is 2.57 bits per heavy atom. The van der Waals surface area contributed by atoms with Crippen LogP contribution in [0.3, 0.4) is 0 Å². The van der Waals surface area contributed by atoms with Crippen molar-refractivity contribution >= 4 is 39.9 Å². The van der Waals surface area contributed by atoms with E-state index >= 15 is 0 Å². The Labute approximate surface area is 134 Å². The first-order chi connectivity index (χ1) is 11.0. The summed E-state index contributed by atoms with van der Waals surface area (Å²) in [5.41, 5.74) is 0.286. The highest BCUT2D eigenvalue weighted by Crippen LogP contribution is 2.17. The monoisotopic (exact) mass is 337 g/mol. The summed E-state index contributed by atoms with van der Waals surface area (Å²) < 4.78 is 17.3. The first-order valence-electron chi connectivity index (χ1n) is 6.50. The van der Waals surface area contributed by atoms with Gasteiger partial charge in [-0.1, -0.05) is 0 Å². The normalized spacial score (nSPS) is 10.0. The summed E-state index contributed by atoms with van der Waals surface area (Å²) in [6, 6.07) is 4.59. The molecular formula is C14H12FN3O4S. The van der Waals surface area contributed by atoms with E-state index < -0.39 is 23.6 Å². The summed E-state index contributed by atoms with van der Waals surface area (Å²) in [7, 11) is 0. The number of rotatable bonds is 5. The highest BCUT2D eigenvalue weighted by atomic mass is 32.1. The van der Waals surface area contributed by atoms with E-state index in [9.17, 15) is 18.8 Å². The van der Waals surface area contributed by atoms with Crippen LogP contribution in [0, 0.1) is 5.82 Å². The Bertz CT molecular complexity index is 730. The Hall–Kier alpha value is -2.81. The summed E-state index contributed by atoms with van der Waals surface area (Å²) in [6.45, 7) is 1.67. The summed E-state index contributed by atoms with van der Waals surface area (Å²) in [5, 5.41) is 6.36. The Morgan fingerprint density at radius 2 is 1.91 bits per heavy atom. The average molecular weight is 337 g/mol. The molecule has 7 nitrogen and oxygen atoms in total. The van der Waals surface area contributed by atoms with Crippen LogP contribution in [0.1, 0.15) is 17.4 Å². The Kier molecular flexibility index (Phi) is 5.36. The maximum Gasteiger partial charge on any atom is 0.381 e. The number of carbonyl (C=O) groups excluding carboxylic acids is 3. The number of Topliss-reactive ketones (excluding diaryl/α,β-unsaturated/α-hetero) is 1. The quantitative estimate of drug-likeness (QED) is 0.497. The molecule has 0 unspecified atom stereocenters. The lowest BCUT2D eigenvalue weighted by Gasteiger charge is -2.04. The highest BCUT2D eigenvalue weighted by Gasteiger charge is 2.21. The maximum absolute atomic E-state index is 12.8. The molecule has 0 radical (unpaired) electrons. The fraction of sp³-hybridized carbons (Fsp3) is 0.143. The van der Waals surface area contributed by atoms with Gasteiger partial charge in [0.1, 0.15) is 11.5 Å². The molecule has 2 aromatic rings. The molecule has 1 aromatic carbocycles. The SMILES string of the molecule is CCOC(=O)C(=O)c1csc(NC(=O)Nc2ccc(F)cc2)n1. The van der Waals surface area contributed by atoms with E-state index in [1.54, 1.807) is 6.92 Å². The largest absolute Gasteiger partial charge is 0.460 e. The molecule has 2 rings (SSSR count). The number of esters is 1. The zero-order valence-electron chi connectivity index (χ0n) is 12.0. The topological polar surface area (TPSA) is 97.4 Å². The number of nitrogens with one attached hydrogen (secondary N) is 2. The van der Waals surface area contributed by atoms with Gasteiger partial charge in [0.05, 0.1) is 6.61 Å². The van der Waals surface area contributed by atoms with Crippen LogP contribution in [0.25, 0.3) is 0 Å². The van der Waals surface area contributed by atoms with Crippen LogP contribution in [0.5, 0.6) is 0 Å². The molecule has 0 aliphatic carbocycles. The molecule has 2 amide bonds. The smallest absolute Gasteiger partial charge is 0.381 e. The van der Waals surface area contributed by atoms with Gasteiger partial charge in [-0.25, -0.2) is 19.0 Å². The number of ketones is 1. The minimum absolute atomic E-state index is 0.0832. The number of thiazole rings is 1. The van der Waals surface area contributed by atoms with E-state index in [1.165, 1.54) is 29.6 Å². The first-order valence-corrected chi connectivity index (χ1v) is 7.38. The first kappa shape index (κ1) is 16.6. The molecule has 1 aromatic heterocycles. The molecule has 120 valence electrons. The molecular weight excluding hydrogens is 325 g/mol. The number of anilines is 2. The fourth-order valence-electron chi connectivity index (χ4n) is 1.53. The molecule has 0 aliphatic rings. The van der Waals surface area contributed by atoms with Gasteiger partial charge in [0.25, 0.3) is 5.78 Å². The van der Waals surface area contributed by atoms with Gasteiger partial charge in [0, 0.05) is 11.1 Å². The van der Waals surface area contributed by atoms with Gasteiger partial charge < -0.3 is 10.1 Å². The minimum atomic E-state index is -1.000. The van der Waals surface area contributed by atoms with Crippen molar-refractivity contribution in [3.8, 4) is 0 Å². The number of urea groups is 1. The van der Waals surface area contributed by atoms with E-state index in [-0.39, 0.29) is 17.4 Å². The second-order valence-electron chi connectivity index (χ2n) is 4.17. The minimum Gasteiger partial charge on any atom is -0.460 e. The van der Waals surface area contributed by atoms with E-state index in [0.717, 1.165) is 11.3 Å². The Balaban J connectivity index is 1.95. The third kappa shape index (κ3) is 4.58. The zero-order chi connectivity index (χ0) is 16.8. The predicted molar refractivity (Wildman–Crippen MR) is 82.1 cm³/mol. The van der Waals surface area contributed by atoms with Crippen LogP contribution in [0.2, 0.25) is 0 Å². The maximum atomic E-state index is 12.8. The highest BCUT2D eigenvalue weighted by molar-refractivity contribution is 7.14.